The van der Waals surface area contributed by atoms with Crippen LogP contribution >= 0.6 is 46.9 Å². The molecule has 160 valence electrons. The molecule has 0 saturated heterocycles. The molecule has 0 aromatic rings. The van der Waals surface area contributed by atoms with Crippen LogP contribution in [-0.4, -0.2) is 0 Å². The van der Waals surface area contributed by atoms with E-state index in [1.54, 1.807) is 0 Å². The molecule has 0 unspecified atom stereocenters. The smallest absolute Gasteiger partial charge is 0.790 e. The van der Waals surface area contributed by atoms with E-state index in [-0.39, 0.29) is 405 Å². The van der Waals surface area contributed by atoms with E-state index in [0.717, 1.165) is 0 Å². The van der Waals surface area contributed by atoms with Gasteiger partial charge in [-0.15, -0.1) is 0 Å². The van der Waals surface area contributed by atoms with Crippen LogP contribution in [0.1, 0.15) is 0 Å². The SMILES string of the molecule is O=P([O-])([O-])OP(=O)([O-])OP(=O)([O-])[O-].O=P([O-])([O-])OP(=O)([O-])OP(=O)([O-])[O-].[K+].[K+].[K+].[K+].[K+].[Na+].[Na+].[Na+].[Na+].[Na+]. The fraction of sp³-hybridized carbons (Fsp3) is 0. The van der Waals surface area contributed by atoms with Crippen LogP contribution in [0.15, 0.2) is 0 Å². The van der Waals surface area contributed by atoms with E-state index >= 15 is 0 Å². The third-order valence-electron chi connectivity index (χ3n) is 0.800. The van der Waals surface area contributed by atoms with Gasteiger partial charge >= 0.3 is 405 Å². The maximum Gasteiger partial charge on any atom is 1.00 e. The predicted molar refractivity (Wildman–Crippen MR) is 50.0 cm³/mol. The molecule has 0 fully saturated rings. The summed E-state index contributed by atoms with van der Waals surface area (Å²) >= 11 is 0. The molecule has 0 rings (SSSR count). The summed E-state index contributed by atoms with van der Waals surface area (Å²) in [6, 6.07) is 0. The van der Waals surface area contributed by atoms with Gasteiger partial charge in [0.2, 0.25) is 0 Å². The maximum absolute atomic E-state index is 10.1. The van der Waals surface area contributed by atoms with Gasteiger partial charge in [0.05, 0.1) is 31.3 Å². The van der Waals surface area contributed by atoms with Gasteiger partial charge in [0, 0.05) is 0 Å². The Kier molecular flexibility index (Phi) is 89.4. The fourth-order valence-corrected chi connectivity index (χ4v) is 5.21. The first-order valence-corrected chi connectivity index (χ1v) is 13.1. The molecule has 36 heavy (non-hydrogen) atoms. The maximum atomic E-state index is 10.1. The monoisotopic (exact) mass is 816 g/mol. The van der Waals surface area contributed by atoms with Gasteiger partial charge in [-0.05, 0) is 0 Å². The van der Waals surface area contributed by atoms with Gasteiger partial charge in [-0.2, -0.15) is 0 Å². The third-order valence-corrected chi connectivity index (χ3v) is 7.20. The van der Waals surface area contributed by atoms with Gasteiger partial charge in [0.1, 0.15) is 0 Å². The third kappa shape index (κ3) is 73.4. The average Bonchev–Trinajstić information content (AvgIpc) is 1.97. The number of hydrogen-bond donors (Lipinski definition) is 0. The van der Waals surface area contributed by atoms with Crippen molar-refractivity contribution in [1.29, 1.82) is 0 Å². The summed E-state index contributed by atoms with van der Waals surface area (Å²) in [5, 5.41) is 0. The molecule has 0 radical (unpaired) electrons. The van der Waals surface area contributed by atoms with Gasteiger partial charge in [0.25, 0.3) is 15.6 Å². The summed E-state index contributed by atoms with van der Waals surface area (Å²) in [5.74, 6) is 0. The molecule has 0 amide bonds. The van der Waals surface area contributed by atoms with Gasteiger partial charge in [-0.3, -0.25) is 26.4 Å². The second-order valence-electron chi connectivity index (χ2n) is 3.01. The minimum Gasteiger partial charge on any atom is -0.790 e. The van der Waals surface area contributed by atoms with Crippen LogP contribution in [0.5, 0.6) is 0 Å². The van der Waals surface area contributed by atoms with Crippen molar-refractivity contribution in [2.45, 2.75) is 0 Å². The zero-order valence-electron chi connectivity index (χ0n) is 20.8. The standard InChI is InChI=1S/5K.5Na.2H5O10P3/c;;;;;;;;;;2*1-11(2,3)9-13(7,8)10-12(4,5)6/h;;;;;;;;;;2*(H,7,8)(H2,1,2,3)(H2,4,5,6)/q10*+1;;/p-10. The van der Waals surface area contributed by atoms with Crippen molar-refractivity contribution in [3.05, 3.63) is 0 Å². The number of hydrogen-bond acceptors (Lipinski definition) is 20. The summed E-state index contributed by atoms with van der Waals surface area (Å²) in [7, 11) is -35.8. The molecule has 0 saturated carbocycles. The van der Waals surface area contributed by atoms with Crippen molar-refractivity contribution in [3.8, 4) is 0 Å². The van der Waals surface area contributed by atoms with Crippen molar-refractivity contribution in [1.82, 2.24) is 0 Å². The normalized spacial score (nSPS) is 10.5. The second-order valence-corrected chi connectivity index (χ2v) is 11.0. The first kappa shape index (κ1) is 83.1. The first-order chi connectivity index (χ1) is 10.8. The summed E-state index contributed by atoms with van der Waals surface area (Å²) in [4.78, 5) is 97.3. The molecular weight excluding hydrogens is 816 g/mol. The molecule has 0 aliphatic rings. The average molecular weight is 816 g/mol. The van der Waals surface area contributed by atoms with Crippen LogP contribution < -0.4 is 454 Å². The first-order valence-electron chi connectivity index (χ1n) is 4.38. The molecule has 0 heterocycles. The molecule has 0 aromatic heterocycles. The Morgan fingerprint density at radius 2 is 0.389 bits per heavy atom. The van der Waals surface area contributed by atoms with Gasteiger partial charge in [-0.1, -0.05) is 0 Å². The van der Waals surface area contributed by atoms with Gasteiger partial charge in [-0.25, -0.2) is 0 Å². The minimum absolute atomic E-state index is 0. The van der Waals surface area contributed by atoms with Crippen LogP contribution in [0.4, 0.5) is 0 Å². The quantitative estimate of drug-likeness (QED) is 0.162. The van der Waals surface area contributed by atoms with E-state index in [2.05, 4.69) is 17.2 Å². The molecule has 0 aliphatic carbocycles. The van der Waals surface area contributed by atoms with Crippen molar-refractivity contribution < 1.29 is 498 Å². The van der Waals surface area contributed by atoms with Gasteiger partial charge < -0.3 is 67.2 Å². The Labute approximate surface area is 528 Å². The Morgan fingerprint density at radius 1 is 0.306 bits per heavy atom. The van der Waals surface area contributed by atoms with Crippen molar-refractivity contribution >= 4 is 46.9 Å². The summed E-state index contributed by atoms with van der Waals surface area (Å²) in [5.41, 5.74) is 0. The molecule has 0 N–H and O–H groups in total. The van der Waals surface area contributed by atoms with E-state index in [0.29, 0.717) is 0 Å². The van der Waals surface area contributed by atoms with E-state index in [1.807, 2.05) is 0 Å². The van der Waals surface area contributed by atoms with Crippen LogP contribution in [0, 0.1) is 0 Å². The molecule has 0 aromatic carbocycles. The summed E-state index contributed by atoms with van der Waals surface area (Å²) in [6.45, 7) is 0. The predicted octanol–water partition coefficient (Wildman–Crippen LogP) is -37.7. The van der Waals surface area contributed by atoms with Crippen molar-refractivity contribution in [2.75, 3.05) is 0 Å². The zero-order chi connectivity index (χ0) is 21.8. The number of rotatable bonds is 8. The van der Waals surface area contributed by atoms with E-state index in [9.17, 15) is 76.3 Å². The van der Waals surface area contributed by atoms with Crippen LogP contribution in [0.25, 0.3) is 0 Å². The molecule has 36 heteroatoms. The fourth-order valence-electron chi connectivity index (χ4n) is 0.520. The molecular formula is K5Na5O20P6. The Balaban J connectivity index is -0.0000000250. The van der Waals surface area contributed by atoms with E-state index in [4.69, 9.17) is 0 Å². The molecule has 20 nitrogen and oxygen atoms in total. The van der Waals surface area contributed by atoms with Crippen LogP contribution in [0.3, 0.4) is 0 Å². The van der Waals surface area contributed by atoms with Crippen molar-refractivity contribution in [2.24, 2.45) is 0 Å². The zero-order valence-corrected chi connectivity index (χ0v) is 51.8. The topological polar surface area (TPSA) is 370 Å². The summed E-state index contributed by atoms with van der Waals surface area (Å²) in [6.07, 6.45) is 0. The van der Waals surface area contributed by atoms with Gasteiger partial charge in [0.15, 0.2) is 0 Å². The second kappa shape index (κ2) is 38.7. The van der Waals surface area contributed by atoms with E-state index < -0.39 is 46.9 Å². The Bertz CT molecular complexity index is 649. The molecule has 0 atom stereocenters. The Morgan fingerprint density at radius 3 is 0.444 bits per heavy atom. The van der Waals surface area contributed by atoms with Crippen LogP contribution in [0.2, 0.25) is 0 Å². The minimum atomic E-state index is -5.97. The summed E-state index contributed by atoms with van der Waals surface area (Å²) < 4.78 is 69.4. The number of phosphoric acid groups is 6. The van der Waals surface area contributed by atoms with Crippen molar-refractivity contribution in [3.63, 3.8) is 0 Å². The van der Waals surface area contributed by atoms with E-state index in [1.165, 1.54) is 0 Å². The largest absolute Gasteiger partial charge is 1.00 e. The van der Waals surface area contributed by atoms with Crippen LogP contribution in [-0.2, 0) is 44.6 Å². The molecule has 0 bridgehead atoms. The Hall–Kier alpha value is 14.0. The molecule has 0 spiro atoms. The molecule has 0 aliphatic heterocycles.